The molecule has 5 heteroatoms. The summed E-state index contributed by atoms with van der Waals surface area (Å²) in [7, 11) is 0. The molecule has 0 heterocycles. The van der Waals surface area contributed by atoms with Crippen LogP contribution in [0.3, 0.4) is 0 Å². The molecule has 4 aliphatic carbocycles. The summed E-state index contributed by atoms with van der Waals surface area (Å²) in [5.74, 6) is 3.35. The Kier molecular flexibility index (Phi) is 5.30. The number of oxime groups is 1. The number of nitrogens with zero attached hydrogens (tertiary/aromatic N) is 1. The van der Waals surface area contributed by atoms with E-state index >= 15 is 0 Å². The van der Waals surface area contributed by atoms with E-state index in [2.05, 4.69) is 24.3 Å². The molecular formula is C23H36N2O3. The van der Waals surface area contributed by atoms with E-state index in [9.17, 15) is 9.59 Å². The SMILES string of the molecule is CC(=O)NCCO/N=C1\CC[C@@]2(C)C(CCC3C2CC[C@]2(C)C(=O)CCC32)C1. The predicted molar refractivity (Wildman–Crippen MR) is 109 cm³/mol. The minimum atomic E-state index is -0.0333. The Balaban J connectivity index is 1.39. The van der Waals surface area contributed by atoms with Crippen molar-refractivity contribution in [1.29, 1.82) is 0 Å². The number of carbonyl (C=O) groups excluding carboxylic acids is 2. The molecule has 156 valence electrons. The monoisotopic (exact) mass is 388 g/mol. The minimum absolute atomic E-state index is 0.0204. The summed E-state index contributed by atoms with van der Waals surface area (Å²) < 4.78 is 0. The van der Waals surface area contributed by atoms with Crippen LogP contribution in [-0.4, -0.2) is 30.6 Å². The molecule has 0 aromatic rings. The number of fused-ring (bicyclic) bond motifs is 5. The van der Waals surface area contributed by atoms with Crippen LogP contribution in [0.2, 0.25) is 0 Å². The maximum absolute atomic E-state index is 12.5. The lowest BCUT2D eigenvalue weighted by Crippen LogP contribution is -2.53. The third kappa shape index (κ3) is 3.29. The Bertz CT molecular complexity index is 675. The van der Waals surface area contributed by atoms with Gasteiger partial charge in [0.25, 0.3) is 0 Å². The van der Waals surface area contributed by atoms with Crippen molar-refractivity contribution in [2.24, 2.45) is 39.7 Å². The molecule has 1 N–H and O–H groups in total. The van der Waals surface area contributed by atoms with E-state index < -0.39 is 0 Å². The van der Waals surface area contributed by atoms with Gasteiger partial charge in [0.1, 0.15) is 12.4 Å². The smallest absolute Gasteiger partial charge is 0.216 e. The summed E-state index contributed by atoms with van der Waals surface area (Å²) in [5, 5.41) is 7.13. The second kappa shape index (κ2) is 7.46. The van der Waals surface area contributed by atoms with E-state index in [-0.39, 0.29) is 11.3 Å². The van der Waals surface area contributed by atoms with Gasteiger partial charge in [0.05, 0.1) is 12.3 Å². The van der Waals surface area contributed by atoms with Gasteiger partial charge in [-0.25, -0.2) is 0 Å². The van der Waals surface area contributed by atoms with Crippen molar-refractivity contribution >= 4 is 17.4 Å². The lowest BCUT2D eigenvalue weighted by Gasteiger charge is -2.59. The highest BCUT2D eigenvalue weighted by atomic mass is 16.6. The fraction of sp³-hybridized carbons (Fsp3) is 0.870. The first-order valence-electron chi connectivity index (χ1n) is 11.3. The highest BCUT2D eigenvalue weighted by Crippen LogP contribution is 2.65. The third-order valence-electron chi connectivity index (χ3n) is 8.97. The summed E-state index contributed by atoms with van der Waals surface area (Å²) in [4.78, 5) is 28.9. The van der Waals surface area contributed by atoms with Crippen LogP contribution in [0, 0.1) is 34.5 Å². The second-order valence-electron chi connectivity index (χ2n) is 10.3. The average Bonchev–Trinajstić information content (AvgIpc) is 2.96. The maximum Gasteiger partial charge on any atom is 0.216 e. The zero-order chi connectivity index (χ0) is 19.9. The van der Waals surface area contributed by atoms with E-state index in [4.69, 9.17) is 4.84 Å². The van der Waals surface area contributed by atoms with Crippen LogP contribution in [0.15, 0.2) is 5.16 Å². The zero-order valence-electron chi connectivity index (χ0n) is 17.8. The van der Waals surface area contributed by atoms with Crippen molar-refractivity contribution in [3.05, 3.63) is 0 Å². The van der Waals surface area contributed by atoms with Crippen molar-refractivity contribution in [3.63, 3.8) is 0 Å². The van der Waals surface area contributed by atoms with E-state index in [1.807, 2.05) is 0 Å². The van der Waals surface area contributed by atoms with Crippen molar-refractivity contribution in [1.82, 2.24) is 5.32 Å². The molecule has 0 aromatic carbocycles. The number of amides is 1. The number of hydrogen-bond donors (Lipinski definition) is 1. The fourth-order valence-corrected chi connectivity index (χ4v) is 7.32. The van der Waals surface area contributed by atoms with Crippen LogP contribution < -0.4 is 5.32 Å². The van der Waals surface area contributed by atoms with Gasteiger partial charge in [0, 0.05) is 18.8 Å². The van der Waals surface area contributed by atoms with Gasteiger partial charge in [0.2, 0.25) is 5.91 Å². The molecule has 4 unspecified atom stereocenters. The standard InChI is InChI=1S/C23H36N2O3/c1-15(26)24-12-13-28-25-17-8-10-22(2)16(14-17)4-5-18-19-6-7-21(27)23(19,3)11-9-20(18)22/h16,18-20H,4-14H2,1-3H3,(H,24,26)/b25-17+/t16?,18?,19?,20?,22-,23-/m0/s1. The quantitative estimate of drug-likeness (QED) is 0.582. The molecule has 28 heavy (non-hydrogen) atoms. The van der Waals surface area contributed by atoms with Gasteiger partial charge < -0.3 is 10.2 Å². The van der Waals surface area contributed by atoms with E-state index in [0.29, 0.717) is 36.2 Å². The predicted octanol–water partition coefficient (Wildman–Crippen LogP) is 4.11. The lowest BCUT2D eigenvalue weighted by atomic mass is 9.45. The zero-order valence-corrected chi connectivity index (χ0v) is 17.8. The molecule has 1 amide bonds. The molecule has 5 nitrogen and oxygen atoms in total. The Morgan fingerprint density at radius 3 is 2.75 bits per heavy atom. The first kappa shape index (κ1) is 19.9. The minimum Gasteiger partial charge on any atom is -0.394 e. The van der Waals surface area contributed by atoms with Crippen molar-refractivity contribution in [2.45, 2.75) is 78.6 Å². The Morgan fingerprint density at radius 2 is 1.96 bits per heavy atom. The summed E-state index contributed by atoms with van der Waals surface area (Å²) in [6.07, 6.45) is 10.1. The Morgan fingerprint density at radius 1 is 1.14 bits per heavy atom. The largest absolute Gasteiger partial charge is 0.394 e. The molecule has 6 atom stereocenters. The summed E-state index contributed by atoms with van der Waals surface area (Å²) in [5.41, 5.74) is 1.57. The molecule has 0 spiro atoms. The molecular weight excluding hydrogens is 352 g/mol. The van der Waals surface area contributed by atoms with Crippen LogP contribution in [-0.2, 0) is 14.4 Å². The molecule has 4 rings (SSSR count). The van der Waals surface area contributed by atoms with Gasteiger partial charge in [-0.15, -0.1) is 0 Å². The van der Waals surface area contributed by atoms with Gasteiger partial charge >= 0.3 is 0 Å². The van der Waals surface area contributed by atoms with Gasteiger partial charge in [0.15, 0.2) is 0 Å². The van der Waals surface area contributed by atoms with Crippen LogP contribution in [0.4, 0.5) is 0 Å². The molecule has 0 aliphatic heterocycles. The first-order valence-corrected chi connectivity index (χ1v) is 11.3. The first-order chi connectivity index (χ1) is 13.3. The highest BCUT2D eigenvalue weighted by Gasteiger charge is 2.60. The maximum atomic E-state index is 12.5. The van der Waals surface area contributed by atoms with E-state index in [1.54, 1.807) is 0 Å². The molecule has 0 radical (unpaired) electrons. The molecule has 4 fully saturated rings. The third-order valence-corrected chi connectivity index (χ3v) is 8.97. The molecule has 4 saturated carbocycles. The van der Waals surface area contributed by atoms with Crippen LogP contribution in [0.5, 0.6) is 0 Å². The lowest BCUT2D eigenvalue weighted by molar-refractivity contribution is -0.137. The fourth-order valence-electron chi connectivity index (χ4n) is 7.32. The number of hydrogen-bond acceptors (Lipinski definition) is 4. The number of ketones is 1. The van der Waals surface area contributed by atoms with Gasteiger partial charge in [-0.2, -0.15) is 0 Å². The van der Waals surface area contributed by atoms with E-state index in [0.717, 1.165) is 43.9 Å². The van der Waals surface area contributed by atoms with Crippen molar-refractivity contribution in [3.8, 4) is 0 Å². The van der Waals surface area contributed by atoms with Gasteiger partial charge in [-0.1, -0.05) is 19.0 Å². The number of rotatable bonds is 4. The average molecular weight is 389 g/mol. The summed E-state index contributed by atoms with van der Waals surface area (Å²) in [6, 6.07) is 0. The summed E-state index contributed by atoms with van der Waals surface area (Å²) >= 11 is 0. The number of Topliss-reactive ketones (excluding diaryl/α,β-unsaturated/α-hetero) is 1. The Hall–Kier alpha value is -1.39. The molecule has 4 aliphatic rings. The molecule has 0 saturated heterocycles. The van der Waals surface area contributed by atoms with E-state index in [1.165, 1.54) is 38.3 Å². The number of nitrogens with one attached hydrogen (secondary N) is 1. The van der Waals surface area contributed by atoms with Gasteiger partial charge in [-0.05, 0) is 80.5 Å². The van der Waals surface area contributed by atoms with Crippen molar-refractivity contribution in [2.75, 3.05) is 13.2 Å². The van der Waals surface area contributed by atoms with Crippen LogP contribution in [0.1, 0.15) is 78.6 Å². The molecule has 0 aromatic heterocycles. The second-order valence-corrected chi connectivity index (χ2v) is 10.3. The van der Waals surface area contributed by atoms with Crippen molar-refractivity contribution < 1.29 is 14.4 Å². The topological polar surface area (TPSA) is 67.8 Å². The Labute approximate surface area is 169 Å². The van der Waals surface area contributed by atoms with Crippen LogP contribution >= 0.6 is 0 Å². The number of carbonyl (C=O) groups is 2. The highest BCUT2D eigenvalue weighted by molar-refractivity contribution is 5.87. The van der Waals surface area contributed by atoms with Gasteiger partial charge in [-0.3, -0.25) is 9.59 Å². The summed E-state index contributed by atoms with van der Waals surface area (Å²) in [6.45, 7) is 7.25. The van der Waals surface area contributed by atoms with Crippen LogP contribution in [0.25, 0.3) is 0 Å². The molecule has 0 bridgehead atoms. The normalized spacial score (nSPS) is 43.8.